The van der Waals surface area contributed by atoms with Crippen molar-refractivity contribution < 1.29 is 9.52 Å². The topological polar surface area (TPSA) is 45.4 Å². The zero-order valence-corrected chi connectivity index (χ0v) is 12.7. The fourth-order valence-corrected chi connectivity index (χ4v) is 3.06. The number of nitrogens with one attached hydrogen (secondary N) is 1. The van der Waals surface area contributed by atoms with Crippen molar-refractivity contribution in [3.05, 3.63) is 45.0 Å². The molecule has 2 unspecified atom stereocenters. The Morgan fingerprint density at radius 1 is 1.56 bits per heavy atom. The molecule has 0 spiro atoms. The van der Waals surface area contributed by atoms with Gasteiger partial charge in [-0.15, -0.1) is 0 Å². The standard InChI is InChI=1S/C13H16BrNO2S/c1-9(12-11(14)3-5-17-12)15-8-13(2,16)10-4-6-18-7-10/h3-7,9,15-16H,8H2,1-2H3. The minimum Gasteiger partial charge on any atom is -0.466 e. The zero-order valence-electron chi connectivity index (χ0n) is 10.3. The van der Waals surface area contributed by atoms with Crippen molar-refractivity contribution in [2.45, 2.75) is 25.5 Å². The van der Waals surface area contributed by atoms with Crippen LogP contribution in [0.4, 0.5) is 0 Å². The van der Waals surface area contributed by atoms with Crippen molar-refractivity contribution in [3.8, 4) is 0 Å². The molecule has 0 aliphatic rings. The van der Waals surface area contributed by atoms with Gasteiger partial charge in [-0.1, -0.05) is 0 Å². The van der Waals surface area contributed by atoms with Crippen LogP contribution in [0, 0.1) is 0 Å². The van der Waals surface area contributed by atoms with Gasteiger partial charge in [0.2, 0.25) is 0 Å². The second-order valence-corrected chi connectivity index (χ2v) is 6.16. The molecule has 0 aliphatic heterocycles. The van der Waals surface area contributed by atoms with Crippen LogP contribution in [0.3, 0.4) is 0 Å². The van der Waals surface area contributed by atoms with Crippen LogP contribution in [-0.2, 0) is 5.60 Å². The molecule has 0 fully saturated rings. The molecule has 0 saturated carbocycles. The van der Waals surface area contributed by atoms with Gasteiger partial charge in [0.05, 0.1) is 16.8 Å². The van der Waals surface area contributed by atoms with Gasteiger partial charge >= 0.3 is 0 Å². The smallest absolute Gasteiger partial charge is 0.134 e. The van der Waals surface area contributed by atoms with Gasteiger partial charge in [0, 0.05) is 6.54 Å². The van der Waals surface area contributed by atoms with Crippen molar-refractivity contribution in [2.24, 2.45) is 0 Å². The second kappa shape index (κ2) is 5.57. The normalized spacial score (nSPS) is 16.4. The molecule has 2 aromatic heterocycles. The first kappa shape index (κ1) is 13.8. The number of thiophene rings is 1. The van der Waals surface area contributed by atoms with Gasteiger partial charge in [-0.25, -0.2) is 0 Å². The highest BCUT2D eigenvalue weighted by Gasteiger charge is 2.25. The Bertz CT molecular complexity index is 493. The second-order valence-electron chi connectivity index (χ2n) is 4.52. The Kier molecular flexibility index (Phi) is 4.27. The van der Waals surface area contributed by atoms with E-state index >= 15 is 0 Å². The Balaban J connectivity index is 1.98. The SMILES string of the molecule is CC(NCC(C)(O)c1ccsc1)c1occc1Br. The molecule has 2 heterocycles. The monoisotopic (exact) mass is 329 g/mol. The predicted octanol–water partition coefficient (Wildman–Crippen LogP) is 3.66. The first-order valence-corrected chi connectivity index (χ1v) is 7.45. The minimum absolute atomic E-state index is 0.0412. The summed E-state index contributed by atoms with van der Waals surface area (Å²) in [7, 11) is 0. The van der Waals surface area contributed by atoms with E-state index in [9.17, 15) is 5.11 Å². The zero-order chi connectivity index (χ0) is 13.2. The average molecular weight is 330 g/mol. The van der Waals surface area contributed by atoms with E-state index in [-0.39, 0.29) is 6.04 Å². The van der Waals surface area contributed by atoms with Crippen LogP contribution in [0.15, 0.2) is 38.0 Å². The van der Waals surface area contributed by atoms with Crippen molar-refractivity contribution in [1.29, 1.82) is 0 Å². The van der Waals surface area contributed by atoms with Crippen LogP contribution in [0.25, 0.3) is 0 Å². The van der Waals surface area contributed by atoms with Crippen molar-refractivity contribution >= 4 is 27.3 Å². The van der Waals surface area contributed by atoms with Gasteiger partial charge in [-0.3, -0.25) is 0 Å². The fraction of sp³-hybridized carbons (Fsp3) is 0.385. The molecule has 0 radical (unpaired) electrons. The highest BCUT2D eigenvalue weighted by molar-refractivity contribution is 9.10. The molecule has 0 amide bonds. The number of hydrogen-bond donors (Lipinski definition) is 2. The summed E-state index contributed by atoms with van der Waals surface area (Å²) >= 11 is 5.02. The molecular weight excluding hydrogens is 314 g/mol. The molecular formula is C13H16BrNO2S. The van der Waals surface area contributed by atoms with E-state index in [1.165, 1.54) is 0 Å². The lowest BCUT2D eigenvalue weighted by Crippen LogP contribution is -2.36. The number of halogens is 1. The van der Waals surface area contributed by atoms with Crippen LogP contribution >= 0.6 is 27.3 Å². The van der Waals surface area contributed by atoms with Gasteiger partial charge in [0.25, 0.3) is 0 Å². The molecule has 3 nitrogen and oxygen atoms in total. The summed E-state index contributed by atoms with van der Waals surface area (Å²) < 4.78 is 6.34. The van der Waals surface area contributed by atoms with Crippen molar-refractivity contribution in [1.82, 2.24) is 5.32 Å². The molecule has 5 heteroatoms. The fourth-order valence-electron chi connectivity index (χ4n) is 1.73. The van der Waals surface area contributed by atoms with Crippen LogP contribution < -0.4 is 5.32 Å². The molecule has 0 aromatic carbocycles. The van der Waals surface area contributed by atoms with Gasteiger partial charge < -0.3 is 14.8 Å². The lowest BCUT2D eigenvalue weighted by molar-refractivity contribution is 0.0540. The molecule has 2 atom stereocenters. The van der Waals surface area contributed by atoms with E-state index in [2.05, 4.69) is 21.2 Å². The molecule has 0 bridgehead atoms. The van der Waals surface area contributed by atoms with E-state index in [0.717, 1.165) is 15.8 Å². The van der Waals surface area contributed by atoms with Gasteiger partial charge in [-0.05, 0) is 58.2 Å². The summed E-state index contributed by atoms with van der Waals surface area (Å²) in [6, 6.07) is 3.85. The summed E-state index contributed by atoms with van der Waals surface area (Å²) in [5, 5.41) is 17.6. The van der Waals surface area contributed by atoms with E-state index in [1.54, 1.807) is 17.6 Å². The molecule has 2 rings (SSSR count). The van der Waals surface area contributed by atoms with E-state index in [1.807, 2.05) is 36.7 Å². The summed E-state index contributed by atoms with van der Waals surface area (Å²) in [6.07, 6.45) is 1.65. The first-order chi connectivity index (χ1) is 8.50. The van der Waals surface area contributed by atoms with Crippen LogP contribution in [-0.4, -0.2) is 11.7 Å². The van der Waals surface area contributed by atoms with Crippen LogP contribution in [0.1, 0.15) is 31.2 Å². The predicted molar refractivity (Wildman–Crippen MR) is 76.7 cm³/mol. The third-order valence-electron chi connectivity index (χ3n) is 2.93. The molecule has 18 heavy (non-hydrogen) atoms. The van der Waals surface area contributed by atoms with Crippen molar-refractivity contribution in [3.63, 3.8) is 0 Å². The van der Waals surface area contributed by atoms with E-state index in [0.29, 0.717) is 6.54 Å². The van der Waals surface area contributed by atoms with Gasteiger partial charge in [-0.2, -0.15) is 11.3 Å². The molecule has 0 saturated heterocycles. The average Bonchev–Trinajstić information content (AvgIpc) is 2.96. The Morgan fingerprint density at radius 2 is 2.33 bits per heavy atom. The quantitative estimate of drug-likeness (QED) is 0.879. The van der Waals surface area contributed by atoms with E-state index in [4.69, 9.17) is 4.42 Å². The highest BCUT2D eigenvalue weighted by Crippen LogP contribution is 2.26. The Morgan fingerprint density at radius 3 is 2.89 bits per heavy atom. The summed E-state index contributed by atoms with van der Waals surface area (Å²) in [6.45, 7) is 4.29. The third kappa shape index (κ3) is 3.03. The summed E-state index contributed by atoms with van der Waals surface area (Å²) in [5.41, 5.74) is 0.0681. The maximum atomic E-state index is 10.4. The minimum atomic E-state index is -0.868. The largest absolute Gasteiger partial charge is 0.466 e. The first-order valence-electron chi connectivity index (χ1n) is 5.72. The number of furan rings is 1. The molecule has 0 aliphatic carbocycles. The maximum absolute atomic E-state index is 10.4. The number of hydrogen-bond acceptors (Lipinski definition) is 4. The number of aliphatic hydroxyl groups is 1. The molecule has 2 N–H and O–H groups in total. The van der Waals surface area contributed by atoms with Gasteiger partial charge in [0.1, 0.15) is 11.4 Å². The summed E-state index contributed by atoms with van der Waals surface area (Å²) in [4.78, 5) is 0. The summed E-state index contributed by atoms with van der Waals surface area (Å²) in [5.74, 6) is 0.844. The van der Waals surface area contributed by atoms with Crippen molar-refractivity contribution in [2.75, 3.05) is 6.54 Å². The highest BCUT2D eigenvalue weighted by atomic mass is 79.9. The van der Waals surface area contributed by atoms with E-state index < -0.39 is 5.60 Å². The van der Waals surface area contributed by atoms with Crippen LogP contribution in [0.5, 0.6) is 0 Å². The number of rotatable bonds is 5. The van der Waals surface area contributed by atoms with Crippen LogP contribution in [0.2, 0.25) is 0 Å². The van der Waals surface area contributed by atoms with Gasteiger partial charge in [0.15, 0.2) is 0 Å². The lowest BCUT2D eigenvalue weighted by atomic mass is 9.99. The molecule has 98 valence electrons. The lowest BCUT2D eigenvalue weighted by Gasteiger charge is -2.25. The Hall–Kier alpha value is -0.620. The third-order valence-corrected chi connectivity index (χ3v) is 4.27. The molecule has 2 aromatic rings. The maximum Gasteiger partial charge on any atom is 0.134 e. The Labute approximate surface area is 119 Å².